The smallest absolute Gasteiger partial charge is 0.123 e. The van der Waals surface area contributed by atoms with E-state index in [2.05, 4.69) is 57.1 Å². The van der Waals surface area contributed by atoms with Gasteiger partial charge < -0.3 is 10.1 Å². The van der Waals surface area contributed by atoms with Gasteiger partial charge in [0, 0.05) is 24.4 Å². The molecule has 4 unspecified atom stereocenters. The second kappa shape index (κ2) is 6.08. The van der Waals surface area contributed by atoms with Gasteiger partial charge in [-0.2, -0.15) is 0 Å². The summed E-state index contributed by atoms with van der Waals surface area (Å²) in [5.41, 5.74) is 0.158. The molecule has 20 heavy (non-hydrogen) atoms. The molecule has 2 heterocycles. The first-order valence-corrected chi connectivity index (χ1v) is 8.32. The van der Waals surface area contributed by atoms with Gasteiger partial charge in [-0.25, -0.2) is 0 Å². The summed E-state index contributed by atoms with van der Waals surface area (Å²) in [6.45, 7) is 14.0. The molecule has 0 bridgehead atoms. The maximum atomic E-state index is 5.90. The first-order valence-electron chi connectivity index (χ1n) is 7.50. The van der Waals surface area contributed by atoms with Crippen LogP contribution >= 0.6 is 11.3 Å². The van der Waals surface area contributed by atoms with Crippen molar-refractivity contribution in [2.45, 2.75) is 71.6 Å². The summed E-state index contributed by atoms with van der Waals surface area (Å²) in [7, 11) is 0. The van der Waals surface area contributed by atoms with E-state index in [-0.39, 0.29) is 11.6 Å². The average Bonchev–Trinajstić information content (AvgIpc) is 2.84. The van der Waals surface area contributed by atoms with Crippen LogP contribution in [0.2, 0.25) is 0 Å². The summed E-state index contributed by atoms with van der Waals surface area (Å²) in [5.74, 6) is 0.908. The van der Waals surface area contributed by atoms with Gasteiger partial charge >= 0.3 is 0 Å². The highest BCUT2D eigenvalue weighted by atomic mass is 32.1. The maximum absolute atomic E-state index is 5.90. The van der Waals surface area contributed by atoms with Crippen LogP contribution in [0.3, 0.4) is 0 Å². The van der Waals surface area contributed by atoms with Crippen LogP contribution in [-0.2, 0) is 11.2 Å². The number of ether oxygens (including phenoxy) is 1. The lowest BCUT2D eigenvalue weighted by Gasteiger charge is -2.19. The van der Waals surface area contributed by atoms with E-state index in [1.807, 2.05) is 0 Å². The molecule has 1 fully saturated rings. The van der Waals surface area contributed by atoms with Crippen molar-refractivity contribution >= 4 is 11.3 Å². The monoisotopic (exact) mass is 297 g/mol. The van der Waals surface area contributed by atoms with E-state index in [1.54, 1.807) is 11.3 Å². The van der Waals surface area contributed by atoms with Crippen LogP contribution in [0.5, 0.6) is 0 Å². The molecule has 114 valence electrons. The molecular weight excluding hydrogens is 270 g/mol. The Hall–Kier alpha value is -0.520. The Labute approximate surface area is 126 Å². The summed E-state index contributed by atoms with van der Waals surface area (Å²) >= 11 is 1.75. The fourth-order valence-corrected chi connectivity index (χ4v) is 3.89. The predicted octanol–water partition coefficient (Wildman–Crippen LogP) is 3.00. The van der Waals surface area contributed by atoms with Crippen molar-refractivity contribution in [2.75, 3.05) is 6.54 Å². The second-order valence-electron chi connectivity index (χ2n) is 6.89. The van der Waals surface area contributed by atoms with Crippen molar-refractivity contribution in [2.24, 2.45) is 5.92 Å². The number of nitrogens with zero attached hydrogens (tertiary/aromatic N) is 2. The minimum Gasteiger partial charge on any atom is -0.375 e. The van der Waals surface area contributed by atoms with E-state index in [0.29, 0.717) is 17.9 Å². The molecular formula is C15H27N3OS. The SMILES string of the molecule is CC1OC(C)C(c2nnc(CCNC(C)(C)C)s2)C1C. The van der Waals surface area contributed by atoms with Crippen LogP contribution in [0, 0.1) is 5.92 Å². The first kappa shape index (κ1) is 15.9. The Balaban J connectivity index is 1.95. The summed E-state index contributed by atoms with van der Waals surface area (Å²) < 4.78 is 5.90. The summed E-state index contributed by atoms with van der Waals surface area (Å²) in [5, 5.41) is 14.5. The van der Waals surface area contributed by atoms with E-state index in [9.17, 15) is 0 Å². The highest BCUT2D eigenvalue weighted by molar-refractivity contribution is 7.11. The minimum absolute atomic E-state index is 0.158. The van der Waals surface area contributed by atoms with Gasteiger partial charge in [0.1, 0.15) is 10.0 Å². The molecule has 5 heteroatoms. The van der Waals surface area contributed by atoms with Gasteiger partial charge in [-0.15, -0.1) is 21.5 Å². The highest BCUT2D eigenvalue weighted by Gasteiger charge is 2.39. The Morgan fingerprint density at radius 1 is 1.15 bits per heavy atom. The zero-order chi connectivity index (χ0) is 14.9. The number of hydrogen-bond acceptors (Lipinski definition) is 5. The van der Waals surface area contributed by atoms with E-state index in [1.165, 1.54) is 0 Å². The van der Waals surface area contributed by atoms with Crippen LogP contribution < -0.4 is 5.32 Å². The zero-order valence-corrected chi connectivity index (χ0v) is 14.3. The van der Waals surface area contributed by atoms with Crippen molar-refractivity contribution < 1.29 is 4.74 Å². The van der Waals surface area contributed by atoms with E-state index >= 15 is 0 Å². The van der Waals surface area contributed by atoms with Crippen LogP contribution in [0.15, 0.2) is 0 Å². The van der Waals surface area contributed by atoms with Gasteiger partial charge in [-0.3, -0.25) is 0 Å². The van der Waals surface area contributed by atoms with Crippen molar-refractivity contribution in [3.63, 3.8) is 0 Å². The Kier molecular flexibility index (Phi) is 4.82. The quantitative estimate of drug-likeness (QED) is 0.928. The second-order valence-corrected chi connectivity index (χ2v) is 7.99. The molecule has 1 aliphatic rings. The van der Waals surface area contributed by atoms with Crippen LogP contribution in [-0.4, -0.2) is 34.5 Å². The lowest BCUT2D eigenvalue weighted by Crippen LogP contribution is -2.37. The average molecular weight is 297 g/mol. The Bertz CT molecular complexity index is 441. The lowest BCUT2D eigenvalue weighted by molar-refractivity contribution is 0.0556. The molecule has 2 rings (SSSR count). The number of rotatable bonds is 4. The molecule has 0 spiro atoms. The van der Waals surface area contributed by atoms with Gasteiger partial charge in [0.25, 0.3) is 0 Å². The van der Waals surface area contributed by atoms with Crippen LogP contribution in [0.4, 0.5) is 0 Å². The van der Waals surface area contributed by atoms with Gasteiger partial charge in [0.2, 0.25) is 0 Å². The molecule has 4 atom stereocenters. The van der Waals surface area contributed by atoms with E-state index in [0.717, 1.165) is 23.0 Å². The number of hydrogen-bond donors (Lipinski definition) is 1. The molecule has 1 aromatic heterocycles. The third-order valence-corrected chi connectivity index (χ3v) is 5.09. The standard InChI is InChI=1S/C15H27N3OS/c1-9-10(2)19-11(3)13(9)14-18-17-12(20-14)7-8-16-15(4,5)6/h9-11,13,16H,7-8H2,1-6H3. The first-order chi connectivity index (χ1) is 9.28. The fourth-order valence-electron chi connectivity index (χ4n) is 2.74. The molecule has 0 aromatic carbocycles. The third kappa shape index (κ3) is 3.77. The van der Waals surface area contributed by atoms with Gasteiger partial charge in [-0.05, 0) is 40.5 Å². The lowest BCUT2D eigenvalue weighted by atomic mass is 9.90. The van der Waals surface area contributed by atoms with Crippen molar-refractivity contribution in [3.05, 3.63) is 10.0 Å². The van der Waals surface area contributed by atoms with Crippen LogP contribution in [0.1, 0.15) is 57.5 Å². The summed E-state index contributed by atoms with van der Waals surface area (Å²) in [6, 6.07) is 0. The van der Waals surface area contributed by atoms with Gasteiger partial charge in [-0.1, -0.05) is 6.92 Å². The van der Waals surface area contributed by atoms with Gasteiger partial charge in [0.15, 0.2) is 0 Å². The highest BCUT2D eigenvalue weighted by Crippen LogP contribution is 2.40. The van der Waals surface area contributed by atoms with Gasteiger partial charge in [0.05, 0.1) is 12.2 Å². The van der Waals surface area contributed by atoms with Crippen molar-refractivity contribution in [3.8, 4) is 0 Å². The normalized spacial score (nSPS) is 30.9. The molecule has 1 N–H and O–H groups in total. The molecule has 0 radical (unpaired) electrons. The fraction of sp³-hybridized carbons (Fsp3) is 0.867. The van der Waals surface area contributed by atoms with Crippen molar-refractivity contribution in [1.82, 2.24) is 15.5 Å². The number of aromatic nitrogens is 2. The molecule has 1 aromatic rings. The zero-order valence-electron chi connectivity index (χ0n) is 13.4. The topological polar surface area (TPSA) is 47.0 Å². The van der Waals surface area contributed by atoms with Crippen molar-refractivity contribution in [1.29, 1.82) is 0 Å². The Morgan fingerprint density at radius 2 is 1.85 bits per heavy atom. The molecule has 0 aliphatic carbocycles. The predicted molar refractivity (Wildman–Crippen MR) is 83.3 cm³/mol. The summed E-state index contributed by atoms with van der Waals surface area (Å²) in [4.78, 5) is 0. The minimum atomic E-state index is 0.158. The molecule has 4 nitrogen and oxygen atoms in total. The Morgan fingerprint density at radius 3 is 2.40 bits per heavy atom. The third-order valence-electron chi connectivity index (χ3n) is 4.00. The largest absolute Gasteiger partial charge is 0.375 e. The molecule has 1 aliphatic heterocycles. The molecule has 0 amide bonds. The van der Waals surface area contributed by atoms with E-state index in [4.69, 9.17) is 4.74 Å². The number of nitrogens with one attached hydrogen (secondary N) is 1. The van der Waals surface area contributed by atoms with E-state index < -0.39 is 0 Å². The molecule has 1 saturated heterocycles. The molecule has 0 saturated carbocycles. The van der Waals surface area contributed by atoms with Crippen LogP contribution in [0.25, 0.3) is 0 Å². The maximum Gasteiger partial charge on any atom is 0.123 e. The summed E-state index contributed by atoms with van der Waals surface area (Å²) in [6.07, 6.45) is 1.50.